The molecule has 0 fully saturated rings. The number of carbonyl (C=O) groups is 2. The molecule has 1 aliphatic heterocycles. The molecule has 6 heteroatoms. The Bertz CT molecular complexity index is 1160. The van der Waals surface area contributed by atoms with Gasteiger partial charge in [-0.25, -0.2) is 4.90 Å². The number of carbonyl (C=O) groups excluding carboxylic acids is 2. The van der Waals surface area contributed by atoms with Crippen molar-refractivity contribution in [3.8, 4) is 0 Å². The quantitative estimate of drug-likeness (QED) is 0.440. The van der Waals surface area contributed by atoms with Crippen LogP contribution in [0.5, 0.6) is 0 Å². The van der Waals surface area contributed by atoms with Crippen molar-refractivity contribution in [2.75, 3.05) is 10.2 Å². The summed E-state index contributed by atoms with van der Waals surface area (Å²) in [6, 6.07) is 24.2. The maximum Gasteiger partial charge on any atom is 0.283 e. The molecule has 3 aromatic rings. The van der Waals surface area contributed by atoms with Gasteiger partial charge in [0, 0.05) is 10.6 Å². The molecule has 0 spiro atoms. The Labute approximate surface area is 190 Å². The Morgan fingerprint density at radius 1 is 0.839 bits per heavy atom. The highest BCUT2D eigenvalue weighted by Gasteiger charge is 2.41. The summed E-state index contributed by atoms with van der Waals surface area (Å²) in [6.45, 7) is 4.25. The zero-order valence-corrected chi connectivity index (χ0v) is 18.7. The number of hydrogen-bond acceptors (Lipinski definition) is 4. The fraction of sp³-hybridized carbons (Fsp3) is 0.120. The van der Waals surface area contributed by atoms with Crippen molar-refractivity contribution in [1.29, 1.82) is 0 Å². The second-order valence-corrected chi connectivity index (χ2v) is 8.91. The predicted molar refractivity (Wildman–Crippen MR) is 127 cm³/mol. The van der Waals surface area contributed by atoms with Gasteiger partial charge in [-0.15, -0.1) is 0 Å². The van der Waals surface area contributed by atoms with E-state index >= 15 is 0 Å². The van der Waals surface area contributed by atoms with Crippen LogP contribution < -0.4 is 10.2 Å². The number of rotatable bonds is 6. The summed E-state index contributed by atoms with van der Waals surface area (Å²) in [5.74, 6) is -0.416. The van der Waals surface area contributed by atoms with Crippen LogP contribution in [0.1, 0.15) is 25.3 Å². The van der Waals surface area contributed by atoms with Gasteiger partial charge < -0.3 is 5.32 Å². The molecule has 31 heavy (non-hydrogen) atoms. The number of imide groups is 1. The van der Waals surface area contributed by atoms with Crippen molar-refractivity contribution in [2.24, 2.45) is 0 Å². The molecule has 0 bridgehead atoms. The van der Waals surface area contributed by atoms with Gasteiger partial charge in [0.15, 0.2) is 0 Å². The van der Waals surface area contributed by atoms with Gasteiger partial charge >= 0.3 is 0 Å². The highest BCUT2D eigenvalue weighted by molar-refractivity contribution is 8.04. The Balaban J connectivity index is 1.73. The molecule has 0 radical (unpaired) electrons. The number of thioether (sulfide) groups is 1. The van der Waals surface area contributed by atoms with Crippen LogP contribution in [0.4, 0.5) is 11.4 Å². The van der Waals surface area contributed by atoms with E-state index in [1.165, 1.54) is 17.3 Å². The summed E-state index contributed by atoms with van der Waals surface area (Å²) in [5.41, 5.74) is 2.56. The van der Waals surface area contributed by atoms with E-state index in [0.717, 1.165) is 15.5 Å². The molecule has 0 aliphatic carbocycles. The fourth-order valence-electron chi connectivity index (χ4n) is 3.27. The van der Waals surface area contributed by atoms with E-state index in [2.05, 4.69) is 19.2 Å². The maximum atomic E-state index is 13.4. The SMILES string of the molecule is CC(C)c1ccc(NC2=C(Sc3ccccc3)C(=O)N(c3ccccc3Cl)C2=O)cc1. The number of halogens is 1. The van der Waals surface area contributed by atoms with E-state index in [1.807, 2.05) is 54.6 Å². The van der Waals surface area contributed by atoms with Gasteiger partial charge in [0.2, 0.25) is 0 Å². The Morgan fingerprint density at radius 2 is 1.48 bits per heavy atom. The highest BCUT2D eigenvalue weighted by atomic mass is 35.5. The summed E-state index contributed by atoms with van der Waals surface area (Å²) in [5, 5.41) is 3.52. The highest BCUT2D eigenvalue weighted by Crippen LogP contribution is 2.39. The average molecular weight is 449 g/mol. The Morgan fingerprint density at radius 3 is 2.13 bits per heavy atom. The first-order chi connectivity index (χ1) is 15.0. The smallest absolute Gasteiger partial charge is 0.283 e. The van der Waals surface area contributed by atoms with Crippen LogP contribution in [0.2, 0.25) is 5.02 Å². The van der Waals surface area contributed by atoms with Gasteiger partial charge in [-0.05, 0) is 47.9 Å². The van der Waals surface area contributed by atoms with Gasteiger partial charge in [-0.2, -0.15) is 0 Å². The van der Waals surface area contributed by atoms with Crippen molar-refractivity contribution >= 4 is 46.6 Å². The number of amides is 2. The van der Waals surface area contributed by atoms with Gasteiger partial charge in [0.25, 0.3) is 11.8 Å². The molecule has 1 aliphatic rings. The van der Waals surface area contributed by atoms with Gasteiger partial charge in [-0.3, -0.25) is 9.59 Å². The lowest BCUT2D eigenvalue weighted by Crippen LogP contribution is -2.32. The molecule has 2 amide bonds. The van der Waals surface area contributed by atoms with Crippen LogP contribution in [-0.2, 0) is 9.59 Å². The van der Waals surface area contributed by atoms with Crippen LogP contribution in [0.25, 0.3) is 0 Å². The first-order valence-corrected chi connectivity index (χ1v) is 11.1. The van der Waals surface area contributed by atoms with E-state index < -0.39 is 11.8 Å². The monoisotopic (exact) mass is 448 g/mol. The third-order valence-corrected chi connectivity index (χ3v) is 6.35. The van der Waals surface area contributed by atoms with Crippen LogP contribution in [-0.4, -0.2) is 11.8 Å². The lowest BCUT2D eigenvalue weighted by molar-refractivity contribution is -0.120. The molecule has 4 rings (SSSR count). The third kappa shape index (κ3) is 4.38. The maximum absolute atomic E-state index is 13.4. The number of nitrogens with zero attached hydrogens (tertiary/aromatic N) is 1. The summed E-state index contributed by atoms with van der Waals surface area (Å²) < 4.78 is 0. The summed E-state index contributed by atoms with van der Waals surface area (Å²) in [4.78, 5) is 29.1. The molecule has 4 nitrogen and oxygen atoms in total. The molecule has 1 N–H and O–H groups in total. The number of hydrogen-bond donors (Lipinski definition) is 1. The van der Waals surface area contributed by atoms with Crippen molar-refractivity contribution in [3.05, 3.63) is 100 Å². The molecule has 0 saturated heterocycles. The molecule has 0 saturated carbocycles. The predicted octanol–water partition coefficient (Wildman–Crippen LogP) is 6.45. The molecule has 1 heterocycles. The molecule has 0 aromatic heterocycles. The molecular weight excluding hydrogens is 428 g/mol. The lowest BCUT2D eigenvalue weighted by atomic mass is 10.0. The standard InChI is InChI=1S/C25H21ClN2O2S/c1-16(2)17-12-14-18(15-13-17)27-22-23(31-19-8-4-3-5-9-19)25(30)28(24(22)29)21-11-7-6-10-20(21)26/h3-16,27H,1-2H3. The average Bonchev–Trinajstić information content (AvgIpc) is 2.99. The largest absolute Gasteiger partial charge is 0.350 e. The van der Waals surface area contributed by atoms with Crippen LogP contribution >= 0.6 is 23.4 Å². The van der Waals surface area contributed by atoms with Crippen LogP contribution in [0.15, 0.2) is 94.4 Å². The Kier molecular flexibility index (Phi) is 6.16. The summed E-state index contributed by atoms with van der Waals surface area (Å²) in [7, 11) is 0. The number of nitrogens with one attached hydrogen (secondary N) is 1. The van der Waals surface area contributed by atoms with Crippen LogP contribution in [0, 0.1) is 0 Å². The van der Waals surface area contributed by atoms with Crippen molar-refractivity contribution in [2.45, 2.75) is 24.7 Å². The third-order valence-electron chi connectivity index (χ3n) is 4.94. The zero-order valence-electron chi connectivity index (χ0n) is 17.1. The van der Waals surface area contributed by atoms with Crippen LogP contribution in [0.3, 0.4) is 0 Å². The normalized spacial score (nSPS) is 14.0. The first kappa shape index (κ1) is 21.2. The van der Waals surface area contributed by atoms with E-state index in [1.54, 1.807) is 24.3 Å². The second kappa shape index (κ2) is 9.00. The minimum atomic E-state index is -0.426. The van der Waals surface area contributed by atoms with E-state index in [-0.39, 0.29) is 5.70 Å². The first-order valence-electron chi connectivity index (χ1n) is 9.93. The van der Waals surface area contributed by atoms with Gasteiger partial charge in [0.1, 0.15) is 10.6 Å². The topological polar surface area (TPSA) is 49.4 Å². The van der Waals surface area contributed by atoms with Gasteiger partial charge in [-0.1, -0.05) is 79.7 Å². The van der Waals surface area contributed by atoms with E-state index in [0.29, 0.717) is 21.5 Å². The van der Waals surface area contributed by atoms with Gasteiger partial charge in [0.05, 0.1) is 10.7 Å². The Hall–Kier alpha value is -3.02. The number of para-hydroxylation sites is 1. The molecule has 0 unspecified atom stereocenters. The number of benzene rings is 3. The van der Waals surface area contributed by atoms with Crippen molar-refractivity contribution < 1.29 is 9.59 Å². The summed E-state index contributed by atoms with van der Waals surface area (Å²) in [6.07, 6.45) is 0. The van der Waals surface area contributed by atoms with Crippen molar-refractivity contribution in [1.82, 2.24) is 0 Å². The van der Waals surface area contributed by atoms with E-state index in [4.69, 9.17) is 11.6 Å². The molecule has 156 valence electrons. The molecular formula is C25H21ClN2O2S. The minimum Gasteiger partial charge on any atom is -0.350 e. The lowest BCUT2D eigenvalue weighted by Gasteiger charge is -2.16. The molecule has 3 aromatic carbocycles. The fourth-order valence-corrected chi connectivity index (χ4v) is 4.44. The molecule has 0 atom stereocenters. The summed E-state index contributed by atoms with van der Waals surface area (Å²) >= 11 is 7.57. The van der Waals surface area contributed by atoms with Crippen molar-refractivity contribution in [3.63, 3.8) is 0 Å². The minimum absolute atomic E-state index is 0.246. The van der Waals surface area contributed by atoms with E-state index in [9.17, 15) is 9.59 Å². The zero-order chi connectivity index (χ0) is 22.0. The number of anilines is 2. The second-order valence-electron chi connectivity index (χ2n) is 7.42.